The normalized spacial score (nSPS) is 16.1. The van der Waals surface area contributed by atoms with Gasteiger partial charge in [0.1, 0.15) is 5.75 Å². The van der Waals surface area contributed by atoms with Gasteiger partial charge in [-0.15, -0.1) is 11.3 Å². The van der Waals surface area contributed by atoms with E-state index >= 15 is 0 Å². The number of hydrogen-bond acceptors (Lipinski definition) is 7. The Bertz CT molecular complexity index is 1190. The third-order valence-corrected chi connectivity index (χ3v) is 6.61. The molecule has 2 aliphatic rings. The zero-order chi connectivity index (χ0) is 22.8. The fourth-order valence-electron chi connectivity index (χ4n) is 3.96. The molecule has 8 nitrogen and oxygen atoms in total. The first-order chi connectivity index (χ1) is 16.1. The lowest BCUT2D eigenvalue weighted by Gasteiger charge is -2.20. The second-order valence-corrected chi connectivity index (χ2v) is 8.82. The monoisotopic (exact) mass is 465 g/mol. The van der Waals surface area contributed by atoms with Crippen molar-refractivity contribution in [2.45, 2.75) is 32.1 Å². The summed E-state index contributed by atoms with van der Waals surface area (Å²) in [6.07, 6.45) is 2.46. The summed E-state index contributed by atoms with van der Waals surface area (Å²) >= 11 is 1.42. The highest BCUT2D eigenvalue weighted by Crippen LogP contribution is 2.38. The standard InChI is InChI=1S/C24H23N3O5S/c1-2-30-16-9-7-15(8-10-16)25-23(29)17-4-3-5-20-21(17)26-24(33-20)27-22(28)14-6-11-18-19(12-14)32-13-31-18/h6-12,17H,2-5,13H2,1H3,(H,25,29)(H,26,27,28). The van der Waals surface area contributed by atoms with Crippen molar-refractivity contribution < 1.29 is 23.8 Å². The van der Waals surface area contributed by atoms with Gasteiger partial charge >= 0.3 is 0 Å². The van der Waals surface area contributed by atoms with Crippen LogP contribution in [0.25, 0.3) is 0 Å². The average molecular weight is 466 g/mol. The predicted molar refractivity (Wildman–Crippen MR) is 125 cm³/mol. The number of fused-ring (bicyclic) bond motifs is 2. The average Bonchev–Trinajstić information content (AvgIpc) is 3.46. The summed E-state index contributed by atoms with van der Waals surface area (Å²) < 4.78 is 16.1. The lowest BCUT2D eigenvalue weighted by Crippen LogP contribution is -2.24. The summed E-state index contributed by atoms with van der Waals surface area (Å²) in [4.78, 5) is 31.4. The van der Waals surface area contributed by atoms with E-state index in [-0.39, 0.29) is 24.5 Å². The lowest BCUT2D eigenvalue weighted by molar-refractivity contribution is -0.117. The van der Waals surface area contributed by atoms with Crippen LogP contribution in [0.4, 0.5) is 10.8 Å². The third kappa shape index (κ3) is 4.49. The Labute approximate surface area is 194 Å². The molecule has 1 aromatic heterocycles. The molecule has 2 amide bonds. The Morgan fingerprint density at radius 3 is 2.76 bits per heavy atom. The molecule has 0 saturated heterocycles. The molecule has 0 bridgehead atoms. The molecule has 2 heterocycles. The van der Waals surface area contributed by atoms with E-state index in [0.717, 1.165) is 35.6 Å². The molecule has 1 aliphatic heterocycles. The van der Waals surface area contributed by atoms with Crippen LogP contribution in [0.15, 0.2) is 42.5 Å². The Balaban J connectivity index is 1.28. The molecule has 0 fully saturated rings. The number of benzene rings is 2. The van der Waals surface area contributed by atoms with Crippen LogP contribution >= 0.6 is 11.3 Å². The molecule has 170 valence electrons. The quantitative estimate of drug-likeness (QED) is 0.553. The van der Waals surface area contributed by atoms with Crippen LogP contribution in [0.1, 0.15) is 46.6 Å². The van der Waals surface area contributed by atoms with Crippen molar-refractivity contribution in [1.82, 2.24) is 4.98 Å². The highest BCUT2D eigenvalue weighted by atomic mass is 32.1. The topological polar surface area (TPSA) is 98.8 Å². The predicted octanol–water partition coefficient (Wildman–Crippen LogP) is 4.58. The van der Waals surface area contributed by atoms with Crippen molar-refractivity contribution in [2.24, 2.45) is 0 Å². The van der Waals surface area contributed by atoms with E-state index in [4.69, 9.17) is 14.2 Å². The molecule has 1 aliphatic carbocycles. The fourth-order valence-corrected chi connectivity index (χ4v) is 5.02. The molecular formula is C24H23N3O5S. The fraction of sp³-hybridized carbons (Fsp3) is 0.292. The molecule has 0 spiro atoms. The maximum Gasteiger partial charge on any atom is 0.257 e. The van der Waals surface area contributed by atoms with Crippen LogP contribution < -0.4 is 24.8 Å². The van der Waals surface area contributed by atoms with E-state index in [0.29, 0.717) is 34.5 Å². The molecule has 5 rings (SSSR count). The van der Waals surface area contributed by atoms with Crippen LogP contribution in [-0.4, -0.2) is 30.2 Å². The number of aryl methyl sites for hydroxylation is 1. The second kappa shape index (κ2) is 9.11. The van der Waals surface area contributed by atoms with Crippen molar-refractivity contribution >= 4 is 34.0 Å². The van der Waals surface area contributed by atoms with Crippen LogP contribution in [0.5, 0.6) is 17.2 Å². The van der Waals surface area contributed by atoms with Gasteiger partial charge in [0, 0.05) is 16.1 Å². The summed E-state index contributed by atoms with van der Waals surface area (Å²) in [5.74, 6) is 1.20. The van der Waals surface area contributed by atoms with Crippen molar-refractivity contribution in [2.75, 3.05) is 24.0 Å². The van der Waals surface area contributed by atoms with E-state index in [9.17, 15) is 9.59 Å². The van der Waals surface area contributed by atoms with Gasteiger partial charge in [0.05, 0.1) is 18.2 Å². The first kappa shape index (κ1) is 21.3. The van der Waals surface area contributed by atoms with Crippen molar-refractivity contribution in [3.8, 4) is 17.2 Å². The Hall–Kier alpha value is -3.59. The number of nitrogens with one attached hydrogen (secondary N) is 2. The van der Waals surface area contributed by atoms with Gasteiger partial charge in [-0.05, 0) is 68.7 Å². The molecule has 2 N–H and O–H groups in total. The number of amides is 2. The molecule has 9 heteroatoms. The minimum atomic E-state index is -0.354. The summed E-state index contributed by atoms with van der Waals surface area (Å²) in [5, 5.41) is 6.33. The van der Waals surface area contributed by atoms with Gasteiger partial charge in [0.25, 0.3) is 5.91 Å². The van der Waals surface area contributed by atoms with E-state index in [1.807, 2.05) is 31.2 Å². The van der Waals surface area contributed by atoms with E-state index in [1.165, 1.54) is 11.3 Å². The first-order valence-electron chi connectivity index (χ1n) is 10.8. The number of hydrogen-bond donors (Lipinski definition) is 2. The van der Waals surface area contributed by atoms with Gasteiger partial charge in [0.15, 0.2) is 16.6 Å². The van der Waals surface area contributed by atoms with Gasteiger partial charge in [-0.1, -0.05) is 0 Å². The number of anilines is 2. The van der Waals surface area contributed by atoms with Crippen LogP contribution in [0.3, 0.4) is 0 Å². The molecule has 33 heavy (non-hydrogen) atoms. The van der Waals surface area contributed by atoms with E-state index in [2.05, 4.69) is 15.6 Å². The molecule has 3 aromatic rings. The highest BCUT2D eigenvalue weighted by molar-refractivity contribution is 7.16. The number of carbonyl (C=O) groups excluding carboxylic acids is 2. The smallest absolute Gasteiger partial charge is 0.257 e. The van der Waals surface area contributed by atoms with Gasteiger partial charge in [-0.25, -0.2) is 4.98 Å². The molecule has 1 atom stereocenters. The minimum Gasteiger partial charge on any atom is -0.494 e. The van der Waals surface area contributed by atoms with E-state index < -0.39 is 0 Å². The zero-order valence-electron chi connectivity index (χ0n) is 18.1. The number of ether oxygens (including phenoxy) is 3. The molecular weight excluding hydrogens is 442 g/mol. The number of thiazole rings is 1. The van der Waals surface area contributed by atoms with E-state index in [1.54, 1.807) is 18.2 Å². The lowest BCUT2D eigenvalue weighted by atomic mass is 9.90. The Kier molecular flexibility index (Phi) is 5.87. The van der Waals surface area contributed by atoms with Gasteiger partial charge in [0.2, 0.25) is 12.7 Å². The van der Waals surface area contributed by atoms with Gasteiger partial charge < -0.3 is 19.5 Å². The maximum absolute atomic E-state index is 13.0. The third-order valence-electron chi connectivity index (χ3n) is 5.56. The number of nitrogens with zero attached hydrogens (tertiary/aromatic N) is 1. The molecule has 2 aromatic carbocycles. The van der Waals surface area contributed by atoms with Crippen LogP contribution in [-0.2, 0) is 11.2 Å². The summed E-state index contributed by atoms with van der Waals surface area (Å²) in [6, 6.07) is 12.4. The van der Waals surface area contributed by atoms with Crippen LogP contribution in [0.2, 0.25) is 0 Å². The Morgan fingerprint density at radius 1 is 1.12 bits per heavy atom. The maximum atomic E-state index is 13.0. The number of aromatic nitrogens is 1. The first-order valence-corrected chi connectivity index (χ1v) is 11.7. The Morgan fingerprint density at radius 2 is 1.94 bits per heavy atom. The number of carbonyl (C=O) groups is 2. The largest absolute Gasteiger partial charge is 0.494 e. The second-order valence-electron chi connectivity index (χ2n) is 7.74. The van der Waals surface area contributed by atoms with Gasteiger partial charge in [-0.2, -0.15) is 0 Å². The van der Waals surface area contributed by atoms with Crippen molar-refractivity contribution in [3.05, 3.63) is 58.6 Å². The van der Waals surface area contributed by atoms with Crippen LogP contribution in [0, 0.1) is 0 Å². The summed E-state index contributed by atoms with van der Waals surface area (Å²) in [7, 11) is 0. The molecule has 0 radical (unpaired) electrons. The molecule has 1 unspecified atom stereocenters. The minimum absolute atomic E-state index is 0.0981. The summed E-state index contributed by atoms with van der Waals surface area (Å²) in [5.41, 5.74) is 1.91. The van der Waals surface area contributed by atoms with Crippen molar-refractivity contribution in [1.29, 1.82) is 0 Å². The summed E-state index contributed by atoms with van der Waals surface area (Å²) in [6.45, 7) is 2.67. The number of rotatable bonds is 6. The van der Waals surface area contributed by atoms with Gasteiger partial charge in [-0.3, -0.25) is 14.9 Å². The molecule has 0 saturated carbocycles. The SMILES string of the molecule is CCOc1ccc(NC(=O)C2CCCc3sc(NC(=O)c4ccc5c(c4)OCO5)nc32)cc1. The highest BCUT2D eigenvalue weighted by Gasteiger charge is 2.31. The van der Waals surface area contributed by atoms with Crippen molar-refractivity contribution in [3.63, 3.8) is 0 Å². The zero-order valence-corrected chi connectivity index (χ0v) is 18.9.